The van der Waals surface area contributed by atoms with E-state index in [-0.39, 0.29) is 11.4 Å². The summed E-state index contributed by atoms with van der Waals surface area (Å²) in [6, 6.07) is 6.89. The molecule has 1 aliphatic heterocycles. The molecule has 0 aromatic heterocycles. The van der Waals surface area contributed by atoms with E-state index in [2.05, 4.69) is 19.2 Å². The minimum Gasteiger partial charge on any atom is -0.311 e. The first-order valence-corrected chi connectivity index (χ1v) is 5.10. The third-order valence-corrected chi connectivity index (χ3v) is 3.16. The molecule has 1 aromatic carbocycles. The quantitative estimate of drug-likeness (QED) is 0.723. The Labute approximate surface area is 84.3 Å². The standard InChI is InChI=1S/C12H16FN/c1-12(2)11(7-8-14-12)9-3-5-10(13)6-4-9/h3-6,11,14H,7-8H2,1-2H3. The number of benzene rings is 1. The predicted molar refractivity (Wildman–Crippen MR) is 55.8 cm³/mol. The van der Waals surface area contributed by atoms with Crippen molar-refractivity contribution in [1.29, 1.82) is 0 Å². The molecule has 1 atom stereocenters. The highest BCUT2D eigenvalue weighted by atomic mass is 19.1. The van der Waals surface area contributed by atoms with Crippen molar-refractivity contribution in [3.63, 3.8) is 0 Å². The third kappa shape index (κ3) is 1.67. The third-order valence-electron chi connectivity index (χ3n) is 3.16. The van der Waals surface area contributed by atoms with Gasteiger partial charge in [0.1, 0.15) is 5.82 Å². The molecule has 0 radical (unpaired) electrons. The van der Waals surface area contributed by atoms with Crippen LogP contribution in [0.2, 0.25) is 0 Å². The van der Waals surface area contributed by atoms with Crippen molar-refractivity contribution in [3.05, 3.63) is 35.6 Å². The monoisotopic (exact) mass is 193 g/mol. The Morgan fingerprint density at radius 1 is 1.29 bits per heavy atom. The van der Waals surface area contributed by atoms with Gasteiger partial charge in [-0.05, 0) is 44.5 Å². The van der Waals surface area contributed by atoms with Gasteiger partial charge in [0, 0.05) is 11.5 Å². The summed E-state index contributed by atoms with van der Waals surface area (Å²) in [7, 11) is 0. The molecule has 0 aliphatic carbocycles. The van der Waals surface area contributed by atoms with Crippen molar-refractivity contribution in [2.45, 2.75) is 31.7 Å². The summed E-state index contributed by atoms with van der Waals surface area (Å²) in [5, 5.41) is 3.47. The maximum atomic E-state index is 12.8. The molecular formula is C12H16FN. The molecule has 1 aliphatic rings. The van der Waals surface area contributed by atoms with Crippen molar-refractivity contribution in [1.82, 2.24) is 5.32 Å². The smallest absolute Gasteiger partial charge is 0.123 e. The Balaban J connectivity index is 2.27. The van der Waals surface area contributed by atoms with E-state index in [1.165, 1.54) is 5.56 Å². The largest absolute Gasteiger partial charge is 0.311 e. The van der Waals surface area contributed by atoms with Crippen LogP contribution >= 0.6 is 0 Å². The normalized spacial score (nSPS) is 25.2. The molecule has 1 fully saturated rings. The molecule has 1 aromatic rings. The SMILES string of the molecule is CC1(C)NCCC1c1ccc(F)cc1. The molecule has 1 nitrogen and oxygen atoms in total. The van der Waals surface area contributed by atoms with Gasteiger partial charge in [-0.2, -0.15) is 0 Å². The molecule has 76 valence electrons. The Hall–Kier alpha value is -0.890. The summed E-state index contributed by atoms with van der Waals surface area (Å²) in [5.41, 5.74) is 1.37. The van der Waals surface area contributed by atoms with Gasteiger partial charge in [0.15, 0.2) is 0 Å². The van der Waals surface area contributed by atoms with Gasteiger partial charge in [0.25, 0.3) is 0 Å². The molecular weight excluding hydrogens is 177 g/mol. The Morgan fingerprint density at radius 3 is 2.43 bits per heavy atom. The van der Waals surface area contributed by atoms with E-state index in [9.17, 15) is 4.39 Å². The highest BCUT2D eigenvalue weighted by Gasteiger charge is 2.34. The van der Waals surface area contributed by atoms with E-state index < -0.39 is 0 Å². The summed E-state index contributed by atoms with van der Waals surface area (Å²) in [6.45, 7) is 5.46. The Kier molecular flexibility index (Phi) is 2.31. The first-order valence-electron chi connectivity index (χ1n) is 5.10. The Bertz CT molecular complexity index is 316. The van der Waals surface area contributed by atoms with Gasteiger partial charge in [-0.15, -0.1) is 0 Å². The second-order valence-electron chi connectivity index (χ2n) is 4.54. The molecule has 1 N–H and O–H groups in total. The molecule has 0 amide bonds. The van der Waals surface area contributed by atoms with E-state index in [1.54, 1.807) is 12.1 Å². The van der Waals surface area contributed by atoms with Crippen molar-refractivity contribution in [2.75, 3.05) is 6.54 Å². The lowest BCUT2D eigenvalue weighted by Crippen LogP contribution is -2.36. The number of hydrogen-bond donors (Lipinski definition) is 1. The van der Waals surface area contributed by atoms with Gasteiger partial charge in [-0.1, -0.05) is 12.1 Å². The lowest BCUT2D eigenvalue weighted by Gasteiger charge is -2.27. The van der Waals surface area contributed by atoms with Crippen molar-refractivity contribution < 1.29 is 4.39 Å². The fourth-order valence-electron chi connectivity index (χ4n) is 2.30. The number of halogens is 1. The maximum Gasteiger partial charge on any atom is 0.123 e. The fourth-order valence-corrected chi connectivity index (χ4v) is 2.30. The summed E-state index contributed by atoms with van der Waals surface area (Å²) in [5.74, 6) is 0.348. The minimum absolute atomic E-state index is 0.137. The summed E-state index contributed by atoms with van der Waals surface area (Å²) in [6.07, 6.45) is 1.14. The van der Waals surface area contributed by atoms with Gasteiger partial charge in [0.05, 0.1) is 0 Å². The summed E-state index contributed by atoms with van der Waals surface area (Å²) < 4.78 is 12.8. The van der Waals surface area contributed by atoms with E-state index >= 15 is 0 Å². The number of rotatable bonds is 1. The van der Waals surface area contributed by atoms with Crippen LogP contribution in [0.1, 0.15) is 31.7 Å². The molecule has 1 unspecified atom stereocenters. The van der Waals surface area contributed by atoms with E-state index in [1.807, 2.05) is 12.1 Å². The van der Waals surface area contributed by atoms with E-state index in [4.69, 9.17) is 0 Å². The summed E-state index contributed by atoms with van der Waals surface area (Å²) in [4.78, 5) is 0. The van der Waals surface area contributed by atoms with Gasteiger partial charge >= 0.3 is 0 Å². The maximum absolute atomic E-state index is 12.8. The number of nitrogens with one attached hydrogen (secondary N) is 1. The topological polar surface area (TPSA) is 12.0 Å². The first kappa shape index (κ1) is 9.66. The predicted octanol–water partition coefficient (Wildman–Crippen LogP) is 2.68. The molecule has 2 rings (SSSR count). The van der Waals surface area contributed by atoms with E-state index in [0.717, 1.165) is 13.0 Å². The van der Waals surface area contributed by atoms with Crippen LogP contribution in [0.25, 0.3) is 0 Å². The van der Waals surface area contributed by atoms with Crippen molar-refractivity contribution >= 4 is 0 Å². The molecule has 1 heterocycles. The lowest BCUT2D eigenvalue weighted by molar-refractivity contribution is 0.410. The molecule has 2 heteroatoms. The van der Waals surface area contributed by atoms with Crippen LogP contribution in [0.4, 0.5) is 4.39 Å². The lowest BCUT2D eigenvalue weighted by atomic mass is 9.83. The van der Waals surface area contributed by atoms with Gasteiger partial charge in [-0.25, -0.2) is 4.39 Å². The molecule has 0 bridgehead atoms. The Morgan fingerprint density at radius 2 is 1.93 bits per heavy atom. The highest BCUT2D eigenvalue weighted by molar-refractivity contribution is 5.25. The second-order valence-corrected chi connectivity index (χ2v) is 4.54. The molecule has 0 saturated carbocycles. The zero-order valence-electron chi connectivity index (χ0n) is 8.68. The van der Waals surface area contributed by atoms with Gasteiger partial charge in [0.2, 0.25) is 0 Å². The fraction of sp³-hybridized carbons (Fsp3) is 0.500. The molecule has 1 saturated heterocycles. The minimum atomic E-state index is -0.155. The molecule has 0 spiro atoms. The highest BCUT2D eigenvalue weighted by Crippen LogP contribution is 2.35. The van der Waals surface area contributed by atoms with Crippen LogP contribution in [0.15, 0.2) is 24.3 Å². The van der Waals surface area contributed by atoms with Crippen LogP contribution in [0.3, 0.4) is 0 Å². The van der Waals surface area contributed by atoms with Gasteiger partial charge < -0.3 is 5.32 Å². The zero-order chi connectivity index (χ0) is 10.2. The van der Waals surface area contributed by atoms with Crippen LogP contribution in [-0.4, -0.2) is 12.1 Å². The average Bonchev–Trinajstić information content (AvgIpc) is 2.47. The van der Waals surface area contributed by atoms with Crippen LogP contribution in [0.5, 0.6) is 0 Å². The van der Waals surface area contributed by atoms with Crippen LogP contribution < -0.4 is 5.32 Å². The van der Waals surface area contributed by atoms with E-state index in [0.29, 0.717) is 5.92 Å². The number of hydrogen-bond acceptors (Lipinski definition) is 1. The average molecular weight is 193 g/mol. The second kappa shape index (κ2) is 3.35. The van der Waals surface area contributed by atoms with Crippen LogP contribution in [-0.2, 0) is 0 Å². The first-order chi connectivity index (χ1) is 6.59. The van der Waals surface area contributed by atoms with Crippen LogP contribution in [0, 0.1) is 5.82 Å². The molecule has 14 heavy (non-hydrogen) atoms. The van der Waals surface area contributed by atoms with Crippen molar-refractivity contribution in [3.8, 4) is 0 Å². The summed E-state index contributed by atoms with van der Waals surface area (Å²) >= 11 is 0. The van der Waals surface area contributed by atoms with Gasteiger partial charge in [-0.3, -0.25) is 0 Å². The zero-order valence-corrected chi connectivity index (χ0v) is 8.68. The van der Waals surface area contributed by atoms with Crippen molar-refractivity contribution in [2.24, 2.45) is 0 Å².